The third-order valence-electron chi connectivity index (χ3n) is 4.19. The Morgan fingerprint density at radius 3 is 2.95 bits per heavy atom. The highest BCUT2D eigenvalue weighted by Gasteiger charge is 2.29. The van der Waals surface area contributed by atoms with Crippen LogP contribution in [0.3, 0.4) is 0 Å². The van der Waals surface area contributed by atoms with Crippen molar-refractivity contribution in [2.24, 2.45) is 13.0 Å². The molecule has 0 aliphatic heterocycles. The Balaban J connectivity index is 1.87. The predicted octanol–water partition coefficient (Wildman–Crippen LogP) is 2.88. The van der Waals surface area contributed by atoms with Crippen molar-refractivity contribution in [3.05, 3.63) is 42.4 Å². The predicted molar refractivity (Wildman–Crippen MR) is 73.7 cm³/mol. The van der Waals surface area contributed by atoms with Gasteiger partial charge in [0.2, 0.25) is 0 Å². The fourth-order valence-corrected chi connectivity index (χ4v) is 3.00. The molecule has 19 heavy (non-hydrogen) atoms. The van der Waals surface area contributed by atoms with Gasteiger partial charge in [0.05, 0.1) is 6.26 Å². The maximum absolute atomic E-state index is 5.60. The van der Waals surface area contributed by atoms with Crippen molar-refractivity contribution in [3.63, 3.8) is 0 Å². The first-order chi connectivity index (χ1) is 9.25. The van der Waals surface area contributed by atoms with Crippen LogP contribution in [0.5, 0.6) is 0 Å². The molecule has 1 aliphatic rings. The Labute approximate surface area is 113 Å². The number of nitrogens with one attached hydrogen (secondary N) is 1. The van der Waals surface area contributed by atoms with Gasteiger partial charge in [-0.05, 0) is 30.9 Å². The maximum Gasteiger partial charge on any atom is 0.133 e. The first kappa shape index (κ1) is 12.5. The minimum absolute atomic E-state index is 0.0422. The van der Waals surface area contributed by atoms with Crippen molar-refractivity contribution in [1.29, 1.82) is 0 Å². The summed E-state index contributed by atoms with van der Waals surface area (Å²) >= 11 is 0. The number of hydrogen-bond donors (Lipinski definition) is 1. The van der Waals surface area contributed by atoms with Gasteiger partial charge >= 0.3 is 0 Å². The molecule has 3 rings (SSSR count). The van der Waals surface area contributed by atoms with Gasteiger partial charge in [0, 0.05) is 25.5 Å². The molecule has 4 heteroatoms. The smallest absolute Gasteiger partial charge is 0.133 e. The average molecular weight is 259 g/mol. The third-order valence-corrected chi connectivity index (χ3v) is 4.19. The minimum Gasteiger partial charge on any atom is -0.467 e. The summed E-state index contributed by atoms with van der Waals surface area (Å²) in [5.41, 5.74) is 0. The van der Waals surface area contributed by atoms with Crippen molar-refractivity contribution in [3.8, 4) is 0 Å². The molecular formula is C15H21N3O. The summed E-state index contributed by atoms with van der Waals surface area (Å²) in [5.74, 6) is 2.67. The van der Waals surface area contributed by atoms with Crippen molar-refractivity contribution < 1.29 is 4.42 Å². The Hall–Kier alpha value is -1.55. The van der Waals surface area contributed by atoms with Crippen LogP contribution in [-0.4, -0.2) is 15.6 Å². The zero-order chi connectivity index (χ0) is 13.2. The van der Waals surface area contributed by atoms with Crippen LogP contribution in [0.1, 0.15) is 43.8 Å². The van der Waals surface area contributed by atoms with E-state index in [0.717, 1.165) is 17.5 Å². The highest BCUT2D eigenvalue weighted by molar-refractivity contribution is 5.16. The second kappa shape index (κ2) is 5.21. The lowest BCUT2D eigenvalue weighted by Gasteiger charge is -2.24. The standard InChI is InChI=1S/C15H21N3O/c1-11-5-3-6-12(11)17-14(13-7-4-10-19-13)15-16-8-9-18(15)2/h4,7-12,14,17H,3,5-6H2,1-2H3. The van der Waals surface area contributed by atoms with Gasteiger partial charge in [0.1, 0.15) is 17.6 Å². The van der Waals surface area contributed by atoms with Gasteiger partial charge < -0.3 is 8.98 Å². The van der Waals surface area contributed by atoms with Gasteiger partial charge in [-0.3, -0.25) is 5.32 Å². The topological polar surface area (TPSA) is 43.0 Å². The number of aryl methyl sites for hydroxylation is 1. The van der Waals surface area contributed by atoms with Crippen LogP contribution in [0.25, 0.3) is 0 Å². The molecule has 4 nitrogen and oxygen atoms in total. The van der Waals surface area contributed by atoms with E-state index < -0.39 is 0 Å². The first-order valence-corrected chi connectivity index (χ1v) is 7.02. The summed E-state index contributed by atoms with van der Waals surface area (Å²) in [6.45, 7) is 2.32. The SMILES string of the molecule is CC1CCCC1NC(c1ccco1)c1nccn1C. The number of nitrogens with zero attached hydrogens (tertiary/aromatic N) is 2. The van der Waals surface area contributed by atoms with E-state index >= 15 is 0 Å². The quantitative estimate of drug-likeness (QED) is 0.918. The largest absolute Gasteiger partial charge is 0.467 e. The third kappa shape index (κ3) is 2.45. The summed E-state index contributed by atoms with van der Waals surface area (Å²) < 4.78 is 7.66. The zero-order valence-corrected chi connectivity index (χ0v) is 11.5. The second-order valence-electron chi connectivity index (χ2n) is 5.53. The van der Waals surface area contributed by atoms with Crippen LogP contribution in [0.15, 0.2) is 35.2 Å². The highest BCUT2D eigenvalue weighted by atomic mass is 16.3. The number of hydrogen-bond acceptors (Lipinski definition) is 3. The molecule has 102 valence electrons. The van der Waals surface area contributed by atoms with Gasteiger partial charge in [0.15, 0.2) is 0 Å². The van der Waals surface area contributed by atoms with E-state index in [0.29, 0.717) is 6.04 Å². The van der Waals surface area contributed by atoms with Crippen LogP contribution < -0.4 is 5.32 Å². The van der Waals surface area contributed by atoms with Crippen molar-refractivity contribution in [2.75, 3.05) is 0 Å². The van der Waals surface area contributed by atoms with Gasteiger partial charge in [-0.2, -0.15) is 0 Å². The molecule has 1 aliphatic carbocycles. The van der Waals surface area contributed by atoms with E-state index in [1.165, 1.54) is 19.3 Å². The normalized spacial score (nSPS) is 24.7. The van der Waals surface area contributed by atoms with E-state index in [2.05, 4.69) is 21.8 Å². The van der Waals surface area contributed by atoms with Crippen LogP contribution in [0.4, 0.5) is 0 Å². The molecule has 0 amide bonds. The molecule has 0 bridgehead atoms. The Kier molecular flexibility index (Phi) is 3.42. The fraction of sp³-hybridized carbons (Fsp3) is 0.533. The number of aromatic nitrogens is 2. The second-order valence-corrected chi connectivity index (χ2v) is 5.53. The van der Waals surface area contributed by atoms with Gasteiger partial charge in [-0.15, -0.1) is 0 Å². The number of imidazole rings is 1. The summed E-state index contributed by atoms with van der Waals surface area (Å²) in [4.78, 5) is 4.48. The van der Waals surface area contributed by atoms with Gasteiger partial charge in [-0.25, -0.2) is 4.98 Å². The Bertz CT molecular complexity index is 517. The lowest BCUT2D eigenvalue weighted by molar-refractivity contribution is 0.352. The van der Waals surface area contributed by atoms with Crippen LogP contribution >= 0.6 is 0 Å². The molecule has 0 spiro atoms. The summed E-state index contributed by atoms with van der Waals surface area (Å²) in [6, 6.07) is 4.55. The molecule has 3 unspecified atom stereocenters. The molecular weight excluding hydrogens is 238 g/mol. The summed E-state index contributed by atoms with van der Waals surface area (Å²) in [6.07, 6.45) is 9.40. The number of rotatable bonds is 4. The maximum atomic E-state index is 5.60. The zero-order valence-electron chi connectivity index (χ0n) is 11.5. The average Bonchev–Trinajstić information content (AvgIpc) is 3.09. The Morgan fingerprint density at radius 2 is 2.37 bits per heavy atom. The molecule has 2 heterocycles. The molecule has 1 N–H and O–H groups in total. The molecule has 1 saturated carbocycles. The molecule has 2 aromatic heterocycles. The van der Waals surface area contributed by atoms with E-state index in [-0.39, 0.29) is 6.04 Å². The summed E-state index contributed by atoms with van der Waals surface area (Å²) in [5, 5.41) is 3.73. The van der Waals surface area contributed by atoms with Crippen LogP contribution in [-0.2, 0) is 7.05 Å². The van der Waals surface area contributed by atoms with E-state index in [1.807, 2.05) is 31.6 Å². The van der Waals surface area contributed by atoms with Crippen molar-refractivity contribution in [1.82, 2.24) is 14.9 Å². The molecule has 0 radical (unpaired) electrons. The summed E-state index contributed by atoms with van der Waals surface area (Å²) in [7, 11) is 2.03. The minimum atomic E-state index is 0.0422. The lowest BCUT2D eigenvalue weighted by Crippen LogP contribution is -2.36. The van der Waals surface area contributed by atoms with Crippen LogP contribution in [0, 0.1) is 5.92 Å². The highest BCUT2D eigenvalue weighted by Crippen LogP contribution is 2.29. The van der Waals surface area contributed by atoms with Gasteiger partial charge in [0.25, 0.3) is 0 Å². The van der Waals surface area contributed by atoms with Gasteiger partial charge in [-0.1, -0.05) is 13.3 Å². The van der Waals surface area contributed by atoms with E-state index in [9.17, 15) is 0 Å². The fourth-order valence-electron chi connectivity index (χ4n) is 3.00. The molecule has 0 saturated heterocycles. The van der Waals surface area contributed by atoms with Crippen molar-refractivity contribution >= 4 is 0 Å². The molecule has 0 aromatic carbocycles. The van der Waals surface area contributed by atoms with E-state index in [1.54, 1.807) is 6.26 Å². The van der Waals surface area contributed by atoms with Crippen molar-refractivity contribution in [2.45, 2.75) is 38.3 Å². The van der Waals surface area contributed by atoms with Crippen LogP contribution in [0.2, 0.25) is 0 Å². The van der Waals surface area contributed by atoms with E-state index in [4.69, 9.17) is 4.42 Å². The molecule has 2 aromatic rings. The Morgan fingerprint density at radius 1 is 1.47 bits per heavy atom. The molecule has 3 atom stereocenters. The first-order valence-electron chi connectivity index (χ1n) is 7.02. The monoisotopic (exact) mass is 259 g/mol. The lowest BCUT2D eigenvalue weighted by atomic mass is 10.0. The molecule has 1 fully saturated rings. The number of furan rings is 1.